The van der Waals surface area contributed by atoms with Crippen molar-refractivity contribution < 1.29 is 19.1 Å². The smallest absolute Gasteiger partial charge is 0.307 e. The van der Waals surface area contributed by atoms with Gasteiger partial charge in [-0.15, -0.1) is 0 Å². The Morgan fingerprint density at radius 1 is 1.33 bits per heavy atom. The van der Waals surface area contributed by atoms with E-state index in [4.69, 9.17) is 16.7 Å². The molecule has 2 atom stereocenters. The zero-order valence-corrected chi connectivity index (χ0v) is 10.1. The van der Waals surface area contributed by atoms with Gasteiger partial charge in [0, 0.05) is 5.02 Å². The lowest BCUT2D eigenvalue weighted by atomic mass is 9.73. The number of rotatable bonds is 3. The van der Waals surface area contributed by atoms with Gasteiger partial charge in [-0.3, -0.25) is 9.59 Å². The van der Waals surface area contributed by atoms with E-state index >= 15 is 0 Å². The number of nitrogens with one attached hydrogen (secondary N) is 1. The summed E-state index contributed by atoms with van der Waals surface area (Å²) < 4.78 is 13.4. The number of benzene rings is 1. The van der Waals surface area contributed by atoms with Crippen LogP contribution in [0.25, 0.3) is 0 Å². The zero-order chi connectivity index (χ0) is 13.3. The summed E-state index contributed by atoms with van der Waals surface area (Å²) in [5, 5.41) is 11.5. The van der Waals surface area contributed by atoms with Gasteiger partial charge in [-0.25, -0.2) is 4.39 Å². The second-order valence-electron chi connectivity index (χ2n) is 4.24. The molecule has 1 aromatic carbocycles. The molecular formula is C12H11ClFNO3. The van der Waals surface area contributed by atoms with Gasteiger partial charge in [0.05, 0.1) is 17.5 Å². The van der Waals surface area contributed by atoms with Crippen LogP contribution in [-0.4, -0.2) is 17.0 Å². The molecule has 1 aromatic rings. The monoisotopic (exact) mass is 271 g/mol. The van der Waals surface area contributed by atoms with Crippen molar-refractivity contribution in [1.29, 1.82) is 0 Å². The predicted octanol–water partition coefficient (Wildman–Crippen LogP) is 2.53. The maximum atomic E-state index is 13.4. The minimum absolute atomic E-state index is 0.0143. The van der Waals surface area contributed by atoms with Gasteiger partial charge < -0.3 is 10.4 Å². The van der Waals surface area contributed by atoms with E-state index in [1.165, 1.54) is 12.1 Å². The topological polar surface area (TPSA) is 66.4 Å². The van der Waals surface area contributed by atoms with Crippen LogP contribution in [0.15, 0.2) is 18.2 Å². The van der Waals surface area contributed by atoms with Crippen LogP contribution in [0.3, 0.4) is 0 Å². The summed E-state index contributed by atoms with van der Waals surface area (Å²) in [6.45, 7) is 0. The number of hydrogen-bond donors (Lipinski definition) is 2. The molecule has 1 fully saturated rings. The van der Waals surface area contributed by atoms with Gasteiger partial charge in [0.25, 0.3) is 0 Å². The number of carbonyl (C=O) groups is 2. The van der Waals surface area contributed by atoms with Gasteiger partial charge >= 0.3 is 5.97 Å². The van der Waals surface area contributed by atoms with Crippen LogP contribution >= 0.6 is 11.6 Å². The average molecular weight is 272 g/mol. The van der Waals surface area contributed by atoms with E-state index in [1.807, 2.05) is 0 Å². The van der Waals surface area contributed by atoms with Gasteiger partial charge in [0.15, 0.2) is 0 Å². The summed E-state index contributed by atoms with van der Waals surface area (Å²) in [6.07, 6.45) is 0.995. The summed E-state index contributed by atoms with van der Waals surface area (Å²) in [5.41, 5.74) is 0.0143. The first kappa shape index (κ1) is 12.8. The molecule has 18 heavy (non-hydrogen) atoms. The van der Waals surface area contributed by atoms with Gasteiger partial charge in [0.1, 0.15) is 5.82 Å². The molecule has 2 unspecified atom stereocenters. The summed E-state index contributed by atoms with van der Waals surface area (Å²) in [4.78, 5) is 22.6. The van der Waals surface area contributed by atoms with E-state index < -0.39 is 29.5 Å². The van der Waals surface area contributed by atoms with Gasteiger partial charge in [-0.05, 0) is 31.0 Å². The van der Waals surface area contributed by atoms with E-state index in [9.17, 15) is 14.0 Å². The minimum Gasteiger partial charge on any atom is -0.481 e. The van der Waals surface area contributed by atoms with Crippen molar-refractivity contribution >= 4 is 29.2 Å². The largest absolute Gasteiger partial charge is 0.481 e. The molecule has 0 bridgehead atoms. The molecule has 1 aliphatic carbocycles. The minimum atomic E-state index is -0.988. The number of hydrogen-bond acceptors (Lipinski definition) is 2. The molecule has 2 rings (SSSR count). The Bertz CT molecular complexity index is 506. The molecule has 0 radical (unpaired) electrons. The number of carbonyl (C=O) groups excluding carboxylic acids is 1. The highest BCUT2D eigenvalue weighted by atomic mass is 35.5. The van der Waals surface area contributed by atoms with Crippen molar-refractivity contribution in [2.75, 3.05) is 5.32 Å². The van der Waals surface area contributed by atoms with Gasteiger partial charge in [-0.1, -0.05) is 11.6 Å². The lowest BCUT2D eigenvalue weighted by Gasteiger charge is -2.31. The highest BCUT2D eigenvalue weighted by molar-refractivity contribution is 6.30. The molecule has 1 amide bonds. The fourth-order valence-corrected chi connectivity index (χ4v) is 2.08. The van der Waals surface area contributed by atoms with Crippen LogP contribution in [-0.2, 0) is 9.59 Å². The Labute approximate surface area is 108 Å². The fraction of sp³-hybridized carbons (Fsp3) is 0.333. The SMILES string of the molecule is O=C(O)C1CCC1C(=O)Nc1ccc(Cl)cc1F. The lowest BCUT2D eigenvalue weighted by Crippen LogP contribution is -2.41. The molecule has 0 aromatic heterocycles. The lowest BCUT2D eigenvalue weighted by molar-refractivity contribution is -0.151. The Hall–Kier alpha value is -1.62. The Kier molecular flexibility index (Phi) is 3.52. The average Bonchev–Trinajstić information content (AvgIpc) is 2.19. The second kappa shape index (κ2) is 4.94. The van der Waals surface area contributed by atoms with E-state index in [0.717, 1.165) is 6.07 Å². The predicted molar refractivity (Wildman–Crippen MR) is 63.9 cm³/mol. The maximum Gasteiger partial charge on any atom is 0.307 e. The zero-order valence-electron chi connectivity index (χ0n) is 9.32. The third-order valence-corrected chi connectivity index (χ3v) is 3.35. The van der Waals surface area contributed by atoms with Crippen LogP contribution in [0.4, 0.5) is 10.1 Å². The molecule has 0 aliphatic heterocycles. The quantitative estimate of drug-likeness (QED) is 0.888. The van der Waals surface area contributed by atoms with E-state index in [1.54, 1.807) is 0 Å². The normalized spacial score (nSPS) is 22.1. The number of amides is 1. The van der Waals surface area contributed by atoms with Crippen LogP contribution in [0.2, 0.25) is 5.02 Å². The van der Waals surface area contributed by atoms with Crippen molar-refractivity contribution in [3.63, 3.8) is 0 Å². The van der Waals surface area contributed by atoms with Crippen molar-refractivity contribution in [2.45, 2.75) is 12.8 Å². The Morgan fingerprint density at radius 3 is 2.50 bits per heavy atom. The standard InChI is InChI=1S/C12H11ClFNO3/c13-6-1-4-10(9(14)5-6)15-11(16)7-2-3-8(7)12(17)18/h1,4-5,7-8H,2-3H2,(H,15,16)(H,17,18). The first-order valence-corrected chi connectivity index (χ1v) is 5.85. The van der Waals surface area contributed by atoms with Gasteiger partial charge in [0.2, 0.25) is 5.91 Å². The molecule has 6 heteroatoms. The number of aliphatic carboxylic acids is 1. The van der Waals surface area contributed by atoms with Gasteiger partial charge in [-0.2, -0.15) is 0 Å². The Balaban J connectivity index is 2.05. The van der Waals surface area contributed by atoms with E-state index in [0.29, 0.717) is 12.8 Å². The molecule has 1 saturated carbocycles. The van der Waals surface area contributed by atoms with Crippen LogP contribution in [0.5, 0.6) is 0 Å². The molecule has 0 spiro atoms. The second-order valence-corrected chi connectivity index (χ2v) is 4.68. The number of carboxylic acids is 1. The third-order valence-electron chi connectivity index (χ3n) is 3.12. The number of carboxylic acid groups (broad SMARTS) is 1. The highest BCUT2D eigenvalue weighted by Crippen LogP contribution is 2.35. The first-order chi connectivity index (χ1) is 8.49. The fourth-order valence-electron chi connectivity index (χ4n) is 1.93. The summed E-state index contributed by atoms with van der Waals surface area (Å²) in [7, 11) is 0. The van der Waals surface area contributed by atoms with Crippen molar-refractivity contribution in [3.05, 3.63) is 29.0 Å². The van der Waals surface area contributed by atoms with Crippen LogP contribution < -0.4 is 5.32 Å². The number of halogens is 2. The molecular weight excluding hydrogens is 261 g/mol. The van der Waals surface area contributed by atoms with E-state index in [2.05, 4.69) is 5.32 Å². The molecule has 0 heterocycles. The first-order valence-electron chi connectivity index (χ1n) is 5.48. The van der Waals surface area contributed by atoms with E-state index in [-0.39, 0.29) is 10.7 Å². The molecule has 1 aliphatic rings. The van der Waals surface area contributed by atoms with Crippen LogP contribution in [0.1, 0.15) is 12.8 Å². The van der Waals surface area contributed by atoms with Crippen molar-refractivity contribution in [3.8, 4) is 0 Å². The van der Waals surface area contributed by atoms with Crippen LogP contribution in [0, 0.1) is 17.7 Å². The summed E-state index contributed by atoms with van der Waals surface area (Å²) in [6, 6.07) is 3.90. The molecule has 2 N–H and O–H groups in total. The molecule has 4 nitrogen and oxygen atoms in total. The third kappa shape index (κ3) is 2.46. The maximum absolute atomic E-state index is 13.4. The molecule has 96 valence electrons. The highest BCUT2D eigenvalue weighted by Gasteiger charge is 2.41. The Morgan fingerprint density at radius 2 is 2.00 bits per heavy atom. The number of anilines is 1. The summed E-state index contributed by atoms with van der Waals surface area (Å²) in [5.74, 6) is -3.34. The summed E-state index contributed by atoms with van der Waals surface area (Å²) >= 11 is 5.59. The van der Waals surface area contributed by atoms with Crippen molar-refractivity contribution in [2.24, 2.45) is 11.8 Å². The molecule has 0 saturated heterocycles. The van der Waals surface area contributed by atoms with Crippen molar-refractivity contribution in [1.82, 2.24) is 0 Å².